The summed E-state index contributed by atoms with van der Waals surface area (Å²) in [5, 5.41) is 9.41. The van der Waals surface area contributed by atoms with Gasteiger partial charge in [-0.05, 0) is 43.4 Å². The zero-order chi connectivity index (χ0) is 13.8. The third kappa shape index (κ3) is 3.40. The van der Waals surface area contributed by atoms with Gasteiger partial charge in [0.05, 0.1) is 5.56 Å². The summed E-state index contributed by atoms with van der Waals surface area (Å²) in [7, 11) is 0. The molecule has 0 radical (unpaired) electrons. The fraction of sp³-hybridized carbons (Fsp3) is 0.533. The summed E-state index contributed by atoms with van der Waals surface area (Å²) in [5.41, 5.74) is 6.32. The predicted octanol–water partition coefficient (Wildman–Crippen LogP) is 3.10. The first-order chi connectivity index (χ1) is 9.10. The Labute approximate surface area is 113 Å². The van der Waals surface area contributed by atoms with Crippen LogP contribution in [0.15, 0.2) is 18.2 Å². The lowest BCUT2D eigenvalue weighted by Crippen LogP contribution is -2.25. The van der Waals surface area contributed by atoms with Gasteiger partial charge in [-0.2, -0.15) is 0 Å². The smallest absolute Gasteiger partial charge is 0.340 e. The Hall–Kier alpha value is -1.71. The molecule has 104 valence electrons. The van der Waals surface area contributed by atoms with E-state index in [0.29, 0.717) is 11.6 Å². The van der Waals surface area contributed by atoms with Gasteiger partial charge in [-0.1, -0.05) is 19.8 Å². The van der Waals surface area contributed by atoms with Crippen molar-refractivity contribution in [3.8, 4) is 5.75 Å². The first-order valence-electron chi connectivity index (χ1n) is 6.89. The van der Waals surface area contributed by atoms with Gasteiger partial charge in [0.15, 0.2) is 0 Å². The fourth-order valence-electron chi connectivity index (χ4n) is 2.66. The highest BCUT2D eigenvalue weighted by Crippen LogP contribution is 2.29. The van der Waals surface area contributed by atoms with Gasteiger partial charge in [-0.25, -0.2) is 4.79 Å². The monoisotopic (exact) mass is 263 g/mol. The Morgan fingerprint density at radius 2 is 2.26 bits per heavy atom. The summed E-state index contributed by atoms with van der Waals surface area (Å²) in [5.74, 6) is 0.236. The molecule has 4 heteroatoms. The van der Waals surface area contributed by atoms with E-state index in [2.05, 4.69) is 6.92 Å². The molecule has 0 aliphatic heterocycles. The summed E-state index contributed by atoms with van der Waals surface area (Å²) in [6.07, 6.45) is 5.28. The Bertz CT molecular complexity index is 459. The van der Waals surface area contributed by atoms with E-state index in [-0.39, 0.29) is 17.4 Å². The minimum absolute atomic E-state index is 0.0204. The van der Waals surface area contributed by atoms with Gasteiger partial charge in [0.1, 0.15) is 11.9 Å². The number of aromatic hydroxyl groups is 1. The molecule has 0 bridgehead atoms. The van der Waals surface area contributed by atoms with E-state index in [0.717, 1.165) is 25.7 Å². The van der Waals surface area contributed by atoms with Gasteiger partial charge in [-0.15, -0.1) is 0 Å². The number of benzene rings is 1. The van der Waals surface area contributed by atoms with E-state index in [1.165, 1.54) is 24.6 Å². The van der Waals surface area contributed by atoms with E-state index in [9.17, 15) is 9.90 Å². The molecule has 1 aliphatic carbocycles. The summed E-state index contributed by atoms with van der Waals surface area (Å²) < 4.78 is 5.52. The Kier molecular flexibility index (Phi) is 4.30. The first-order valence-corrected chi connectivity index (χ1v) is 6.89. The number of nitrogens with two attached hydrogens (primary N) is 1. The largest absolute Gasteiger partial charge is 0.508 e. The lowest BCUT2D eigenvalue weighted by molar-refractivity contribution is 0.0141. The topological polar surface area (TPSA) is 72.5 Å². The number of carbonyl (C=O) groups excluding carboxylic acids is 1. The summed E-state index contributed by atoms with van der Waals surface area (Å²) in [6, 6.07) is 4.33. The zero-order valence-corrected chi connectivity index (χ0v) is 11.3. The van der Waals surface area contributed by atoms with Gasteiger partial charge in [-0.3, -0.25) is 0 Å². The number of rotatable bonds is 3. The fourth-order valence-corrected chi connectivity index (χ4v) is 2.66. The van der Waals surface area contributed by atoms with Gasteiger partial charge in [0, 0.05) is 5.69 Å². The van der Waals surface area contributed by atoms with Crippen molar-refractivity contribution in [2.45, 2.75) is 45.1 Å². The number of esters is 1. The number of hydrogen-bond donors (Lipinski definition) is 2. The number of hydrogen-bond acceptors (Lipinski definition) is 4. The molecular formula is C15H21NO3. The molecule has 0 heterocycles. The first kappa shape index (κ1) is 13.7. The van der Waals surface area contributed by atoms with Crippen molar-refractivity contribution >= 4 is 11.7 Å². The highest BCUT2D eigenvalue weighted by atomic mass is 16.5. The number of ether oxygens (including phenoxy) is 1. The second-order valence-corrected chi connectivity index (χ2v) is 5.24. The molecule has 1 fully saturated rings. The van der Waals surface area contributed by atoms with Crippen molar-refractivity contribution in [1.82, 2.24) is 0 Å². The quantitative estimate of drug-likeness (QED) is 0.499. The van der Waals surface area contributed by atoms with Crippen molar-refractivity contribution in [2.75, 3.05) is 5.73 Å². The Morgan fingerprint density at radius 1 is 1.47 bits per heavy atom. The predicted molar refractivity (Wildman–Crippen MR) is 74.0 cm³/mol. The van der Waals surface area contributed by atoms with Gasteiger partial charge in [0.2, 0.25) is 0 Å². The van der Waals surface area contributed by atoms with Crippen LogP contribution in [0.4, 0.5) is 5.69 Å². The minimum atomic E-state index is -0.435. The van der Waals surface area contributed by atoms with Crippen LogP contribution in [0.2, 0.25) is 0 Å². The molecule has 1 saturated carbocycles. The minimum Gasteiger partial charge on any atom is -0.508 e. The number of nitrogen functional groups attached to an aromatic ring is 1. The maximum absolute atomic E-state index is 12.1. The molecule has 0 saturated heterocycles. The third-order valence-corrected chi connectivity index (χ3v) is 3.84. The molecule has 2 atom stereocenters. The van der Waals surface area contributed by atoms with E-state index in [4.69, 9.17) is 10.5 Å². The molecule has 4 nitrogen and oxygen atoms in total. The van der Waals surface area contributed by atoms with Crippen molar-refractivity contribution < 1.29 is 14.6 Å². The van der Waals surface area contributed by atoms with Crippen LogP contribution in [0.5, 0.6) is 5.75 Å². The number of phenolic OH excluding ortho intramolecular Hbond substituents is 1. The van der Waals surface area contributed by atoms with E-state index in [1.54, 1.807) is 0 Å². The number of anilines is 1. The van der Waals surface area contributed by atoms with Crippen LogP contribution in [-0.4, -0.2) is 17.2 Å². The maximum Gasteiger partial charge on any atom is 0.340 e. The summed E-state index contributed by atoms with van der Waals surface area (Å²) in [6.45, 7) is 2.17. The molecule has 1 aromatic rings. The van der Waals surface area contributed by atoms with Crippen LogP contribution in [0, 0.1) is 5.92 Å². The Balaban J connectivity index is 2.02. The van der Waals surface area contributed by atoms with E-state index in [1.807, 2.05) is 0 Å². The summed E-state index contributed by atoms with van der Waals surface area (Å²) in [4.78, 5) is 12.1. The molecule has 2 unspecified atom stereocenters. The van der Waals surface area contributed by atoms with E-state index >= 15 is 0 Å². The lowest BCUT2D eigenvalue weighted by atomic mass is 9.85. The maximum atomic E-state index is 12.1. The standard InChI is InChI=1S/C15H21NO3/c1-2-10-4-3-5-12(8-10)19-15(18)13-9-11(17)6-7-14(13)16/h6-7,9-10,12,17H,2-5,8,16H2,1H3. The molecule has 1 aromatic carbocycles. The van der Waals surface area contributed by atoms with Crippen LogP contribution in [-0.2, 0) is 4.74 Å². The molecule has 3 N–H and O–H groups in total. The van der Waals surface area contributed by atoms with Crippen molar-refractivity contribution in [3.05, 3.63) is 23.8 Å². The Morgan fingerprint density at radius 3 is 3.00 bits per heavy atom. The number of phenols is 1. The van der Waals surface area contributed by atoms with Gasteiger partial charge >= 0.3 is 5.97 Å². The SMILES string of the molecule is CCC1CCCC(OC(=O)c2cc(O)ccc2N)C1. The molecule has 1 aliphatic rings. The second-order valence-electron chi connectivity index (χ2n) is 5.24. The van der Waals surface area contributed by atoms with Gasteiger partial charge in [0.25, 0.3) is 0 Å². The molecule has 0 aromatic heterocycles. The molecule has 0 spiro atoms. The molecule has 19 heavy (non-hydrogen) atoms. The molecular weight excluding hydrogens is 242 g/mol. The molecule has 0 amide bonds. The van der Waals surface area contributed by atoms with Crippen molar-refractivity contribution in [1.29, 1.82) is 0 Å². The molecule has 2 rings (SSSR count). The normalized spacial score (nSPS) is 23.0. The van der Waals surface area contributed by atoms with E-state index < -0.39 is 5.97 Å². The van der Waals surface area contributed by atoms with Crippen LogP contribution >= 0.6 is 0 Å². The van der Waals surface area contributed by atoms with Gasteiger partial charge < -0.3 is 15.6 Å². The van der Waals surface area contributed by atoms with Crippen molar-refractivity contribution in [3.63, 3.8) is 0 Å². The van der Waals surface area contributed by atoms with Crippen LogP contribution in [0.25, 0.3) is 0 Å². The van der Waals surface area contributed by atoms with Crippen molar-refractivity contribution in [2.24, 2.45) is 5.92 Å². The summed E-state index contributed by atoms with van der Waals surface area (Å²) >= 11 is 0. The van der Waals surface area contributed by atoms with Crippen LogP contribution in [0.3, 0.4) is 0 Å². The number of carbonyl (C=O) groups is 1. The third-order valence-electron chi connectivity index (χ3n) is 3.84. The average molecular weight is 263 g/mol. The lowest BCUT2D eigenvalue weighted by Gasteiger charge is -2.28. The second kappa shape index (κ2) is 5.95. The highest BCUT2D eigenvalue weighted by molar-refractivity contribution is 5.95. The zero-order valence-electron chi connectivity index (χ0n) is 11.3. The van der Waals surface area contributed by atoms with Crippen LogP contribution in [0.1, 0.15) is 49.4 Å². The van der Waals surface area contributed by atoms with Crippen LogP contribution < -0.4 is 5.73 Å². The highest BCUT2D eigenvalue weighted by Gasteiger charge is 2.25. The average Bonchev–Trinajstić information content (AvgIpc) is 2.41.